The van der Waals surface area contributed by atoms with Crippen molar-refractivity contribution in [1.82, 2.24) is 14.8 Å². The molecule has 25 heavy (non-hydrogen) atoms. The molecule has 0 aliphatic heterocycles. The zero-order chi connectivity index (χ0) is 18.1. The fourth-order valence-corrected chi connectivity index (χ4v) is 3.48. The summed E-state index contributed by atoms with van der Waals surface area (Å²) in [4.78, 5) is 17.7. The van der Waals surface area contributed by atoms with Gasteiger partial charge < -0.3 is 5.32 Å². The molecule has 0 amide bonds. The highest BCUT2D eigenvalue weighted by molar-refractivity contribution is 7.11. The number of rotatable bonds is 4. The van der Waals surface area contributed by atoms with Crippen LogP contribution in [0.3, 0.4) is 0 Å². The van der Waals surface area contributed by atoms with E-state index in [1.165, 1.54) is 6.20 Å². The molecule has 0 aliphatic carbocycles. The van der Waals surface area contributed by atoms with Crippen molar-refractivity contribution in [3.63, 3.8) is 0 Å². The molecular weight excluding hydrogens is 403 g/mol. The minimum absolute atomic E-state index is 0.00729. The monoisotopic (exact) mass is 414 g/mol. The van der Waals surface area contributed by atoms with Gasteiger partial charge in [-0.2, -0.15) is 9.78 Å². The van der Waals surface area contributed by atoms with Crippen molar-refractivity contribution >= 4 is 51.8 Å². The number of aromatic nitrogens is 3. The quantitative estimate of drug-likeness (QED) is 0.641. The number of thiazole rings is 1. The number of anilines is 1. The molecule has 1 aromatic carbocycles. The predicted molar refractivity (Wildman–Crippen MR) is 104 cm³/mol. The highest BCUT2D eigenvalue weighted by Gasteiger charge is 2.13. The van der Waals surface area contributed by atoms with Crippen LogP contribution in [0.5, 0.6) is 0 Å². The van der Waals surface area contributed by atoms with Gasteiger partial charge in [0.2, 0.25) is 0 Å². The van der Waals surface area contributed by atoms with Crippen LogP contribution in [0.2, 0.25) is 15.1 Å². The maximum atomic E-state index is 12.2. The zero-order valence-corrected chi connectivity index (χ0v) is 16.3. The van der Waals surface area contributed by atoms with Gasteiger partial charge in [-0.15, -0.1) is 11.3 Å². The number of hydrogen-bond acceptors (Lipinski definition) is 5. The van der Waals surface area contributed by atoms with Crippen LogP contribution in [0.1, 0.15) is 22.9 Å². The third-order valence-corrected chi connectivity index (χ3v) is 5.61. The molecule has 0 fully saturated rings. The van der Waals surface area contributed by atoms with E-state index in [1.54, 1.807) is 29.5 Å². The van der Waals surface area contributed by atoms with Crippen LogP contribution < -0.4 is 10.9 Å². The lowest BCUT2D eigenvalue weighted by molar-refractivity contribution is 0.807. The summed E-state index contributed by atoms with van der Waals surface area (Å²) in [6.07, 6.45) is 3.16. The van der Waals surface area contributed by atoms with Gasteiger partial charge in [0.25, 0.3) is 5.56 Å². The van der Waals surface area contributed by atoms with E-state index in [0.29, 0.717) is 10.7 Å². The second kappa shape index (κ2) is 7.33. The van der Waals surface area contributed by atoms with Crippen molar-refractivity contribution < 1.29 is 0 Å². The highest BCUT2D eigenvalue weighted by atomic mass is 35.5. The first kappa shape index (κ1) is 18.2. The molecule has 1 unspecified atom stereocenters. The molecule has 0 saturated carbocycles. The summed E-state index contributed by atoms with van der Waals surface area (Å²) in [5.41, 5.74) is 0.730. The third-order valence-electron chi connectivity index (χ3n) is 3.46. The summed E-state index contributed by atoms with van der Waals surface area (Å²) >= 11 is 19.7. The molecule has 0 aliphatic rings. The van der Waals surface area contributed by atoms with Crippen LogP contribution in [-0.4, -0.2) is 14.8 Å². The Morgan fingerprint density at radius 1 is 1.20 bits per heavy atom. The third kappa shape index (κ3) is 3.82. The van der Waals surface area contributed by atoms with Crippen molar-refractivity contribution in [1.29, 1.82) is 0 Å². The average molecular weight is 416 g/mol. The van der Waals surface area contributed by atoms with E-state index < -0.39 is 5.56 Å². The Hall–Kier alpha value is -1.60. The lowest BCUT2D eigenvalue weighted by atomic mass is 10.2. The summed E-state index contributed by atoms with van der Waals surface area (Å²) < 4.78 is 1.15. The highest BCUT2D eigenvalue weighted by Crippen LogP contribution is 2.29. The molecule has 1 N–H and O–H groups in total. The number of nitrogens with one attached hydrogen (secondary N) is 1. The molecule has 0 radical (unpaired) electrons. The van der Waals surface area contributed by atoms with E-state index in [2.05, 4.69) is 15.4 Å². The van der Waals surface area contributed by atoms with Gasteiger partial charge in [-0.3, -0.25) is 4.79 Å². The topological polar surface area (TPSA) is 59.8 Å². The second-order valence-corrected chi connectivity index (χ2v) is 7.82. The van der Waals surface area contributed by atoms with Crippen LogP contribution in [0.15, 0.2) is 35.4 Å². The molecule has 0 bridgehead atoms. The minimum Gasteiger partial charge on any atom is -0.375 e. The second-order valence-electron chi connectivity index (χ2n) is 5.36. The molecule has 9 heteroatoms. The first-order valence-corrected chi connectivity index (χ1v) is 9.24. The Balaban J connectivity index is 1.89. The molecule has 3 rings (SSSR count). The van der Waals surface area contributed by atoms with Crippen molar-refractivity contribution in [2.45, 2.75) is 19.9 Å². The van der Waals surface area contributed by atoms with Crippen LogP contribution in [0.25, 0.3) is 5.69 Å². The molecular formula is C16H13Cl3N4OS. The van der Waals surface area contributed by atoms with Gasteiger partial charge in [-0.25, -0.2) is 4.98 Å². The van der Waals surface area contributed by atoms with Gasteiger partial charge in [0.05, 0.1) is 33.7 Å². The van der Waals surface area contributed by atoms with Gasteiger partial charge in [0.1, 0.15) is 10.0 Å². The fraction of sp³-hybridized carbons (Fsp3) is 0.188. The Morgan fingerprint density at radius 2 is 1.96 bits per heavy atom. The Morgan fingerprint density at radius 3 is 2.60 bits per heavy atom. The SMILES string of the molecule is Cc1cnc(C(C)Nc2ccc(-n3ncc(Cl)c(Cl)c3=O)cc2Cl)s1. The van der Waals surface area contributed by atoms with Crippen molar-refractivity contribution in [3.8, 4) is 5.69 Å². The van der Waals surface area contributed by atoms with Crippen LogP contribution >= 0.6 is 46.1 Å². The van der Waals surface area contributed by atoms with Crippen LogP contribution in [0, 0.1) is 6.92 Å². The van der Waals surface area contributed by atoms with Crippen molar-refractivity contribution in [2.75, 3.05) is 5.32 Å². The van der Waals surface area contributed by atoms with Crippen molar-refractivity contribution in [3.05, 3.63) is 65.9 Å². The van der Waals surface area contributed by atoms with E-state index in [-0.39, 0.29) is 16.1 Å². The maximum absolute atomic E-state index is 12.2. The molecule has 130 valence electrons. The number of nitrogens with zero attached hydrogens (tertiary/aromatic N) is 3. The number of aryl methyl sites for hydroxylation is 1. The minimum atomic E-state index is -0.502. The van der Waals surface area contributed by atoms with E-state index in [4.69, 9.17) is 34.8 Å². The van der Waals surface area contributed by atoms with Crippen LogP contribution in [-0.2, 0) is 0 Å². The van der Waals surface area contributed by atoms with Crippen LogP contribution in [0.4, 0.5) is 5.69 Å². The van der Waals surface area contributed by atoms with Gasteiger partial charge in [0, 0.05) is 11.1 Å². The first-order valence-electron chi connectivity index (χ1n) is 7.29. The molecule has 2 aromatic heterocycles. The number of halogens is 3. The molecule has 0 spiro atoms. The van der Waals surface area contributed by atoms with E-state index >= 15 is 0 Å². The van der Waals surface area contributed by atoms with E-state index in [0.717, 1.165) is 20.3 Å². The van der Waals surface area contributed by atoms with Crippen molar-refractivity contribution in [2.24, 2.45) is 0 Å². The summed E-state index contributed by atoms with van der Waals surface area (Å²) in [6, 6.07) is 5.16. The summed E-state index contributed by atoms with van der Waals surface area (Å²) in [6.45, 7) is 4.02. The van der Waals surface area contributed by atoms with E-state index in [9.17, 15) is 4.79 Å². The predicted octanol–water partition coefficient (Wildman–Crippen LogP) is 5.13. The summed E-state index contributed by atoms with van der Waals surface area (Å²) in [5.74, 6) is 0. The van der Waals surface area contributed by atoms with Gasteiger partial charge in [-0.05, 0) is 32.0 Å². The zero-order valence-electron chi connectivity index (χ0n) is 13.3. The van der Waals surface area contributed by atoms with Gasteiger partial charge in [0.15, 0.2) is 0 Å². The van der Waals surface area contributed by atoms with Gasteiger partial charge >= 0.3 is 0 Å². The number of benzene rings is 1. The van der Waals surface area contributed by atoms with E-state index in [1.807, 2.05) is 20.0 Å². The molecule has 5 nitrogen and oxygen atoms in total. The Labute approximate surface area is 163 Å². The maximum Gasteiger partial charge on any atom is 0.291 e. The lowest BCUT2D eigenvalue weighted by Crippen LogP contribution is -2.21. The summed E-state index contributed by atoms with van der Waals surface area (Å²) in [5, 5.41) is 8.76. The Bertz CT molecular complexity index is 986. The van der Waals surface area contributed by atoms with Gasteiger partial charge in [-0.1, -0.05) is 34.8 Å². The molecule has 1 atom stereocenters. The molecule has 2 heterocycles. The summed E-state index contributed by atoms with van der Waals surface area (Å²) in [7, 11) is 0. The average Bonchev–Trinajstić information content (AvgIpc) is 3.01. The molecule has 0 saturated heterocycles. The Kier molecular flexibility index (Phi) is 5.34. The molecule has 3 aromatic rings. The normalized spacial score (nSPS) is 12.2. The smallest absolute Gasteiger partial charge is 0.291 e. The largest absolute Gasteiger partial charge is 0.375 e. The number of hydrogen-bond donors (Lipinski definition) is 1. The standard InChI is InChI=1S/C16H13Cl3N4OS/c1-8-6-20-15(25-8)9(2)22-13-4-3-10(5-11(13)17)23-16(24)14(19)12(18)7-21-23/h3-7,9,22H,1-2H3. The lowest BCUT2D eigenvalue weighted by Gasteiger charge is -2.15. The fourth-order valence-electron chi connectivity index (χ4n) is 2.22. The first-order chi connectivity index (χ1) is 11.9.